The molecule has 2 aromatic carbocycles. The molecule has 25 heavy (non-hydrogen) atoms. The summed E-state index contributed by atoms with van der Waals surface area (Å²) in [7, 11) is 0. The number of pyridine rings is 1. The van der Waals surface area contributed by atoms with Crippen molar-refractivity contribution in [1.82, 2.24) is 4.57 Å². The standard InChI is InChI=1S/C21H22N2O2/c1-13-10-15(3)21-18(11-13)23(9-8-19(21)24)12-20(25)22-17-7-5-6-14(2)16(17)4/h5-11H,12H2,1-4H3,(H,22,25). The lowest BCUT2D eigenvalue weighted by atomic mass is 10.1. The molecule has 1 heterocycles. The molecule has 0 bridgehead atoms. The Labute approximate surface area is 147 Å². The van der Waals surface area contributed by atoms with Gasteiger partial charge in [-0.2, -0.15) is 0 Å². The lowest BCUT2D eigenvalue weighted by Crippen LogP contribution is -2.21. The molecular weight excluding hydrogens is 312 g/mol. The van der Waals surface area contributed by atoms with E-state index in [9.17, 15) is 9.59 Å². The molecule has 0 aliphatic carbocycles. The van der Waals surface area contributed by atoms with Gasteiger partial charge in [0.1, 0.15) is 6.54 Å². The summed E-state index contributed by atoms with van der Waals surface area (Å²) in [5.41, 5.74) is 5.80. The lowest BCUT2D eigenvalue weighted by Gasteiger charge is -2.14. The van der Waals surface area contributed by atoms with E-state index in [4.69, 9.17) is 0 Å². The third-order valence-corrected chi connectivity index (χ3v) is 4.61. The van der Waals surface area contributed by atoms with E-state index in [-0.39, 0.29) is 17.9 Å². The molecule has 4 heteroatoms. The fourth-order valence-electron chi connectivity index (χ4n) is 3.18. The average Bonchev–Trinajstić information content (AvgIpc) is 2.54. The van der Waals surface area contributed by atoms with Gasteiger partial charge in [-0.1, -0.05) is 18.2 Å². The Balaban J connectivity index is 1.95. The van der Waals surface area contributed by atoms with E-state index in [0.29, 0.717) is 5.39 Å². The number of hydrogen-bond acceptors (Lipinski definition) is 2. The van der Waals surface area contributed by atoms with Crippen LogP contribution in [0.15, 0.2) is 47.4 Å². The van der Waals surface area contributed by atoms with Gasteiger partial charge in [-0.15, -0.1) is 0 Å². The van der Waals surface area contributed by atoms with Gasteiger partial charge in [-0.25, -0.2) is 0 Å². The van der Waals surface area contributed by atoms with Crippen molar-refractivity contribution in [2.75, 3.05) is 5.32 Å². The minimum atomic E-state index is -0.113. The Bertz CT molecular complexity index is 1030. The highest BCUT2D eigenvalue weighted by molar-refractivity contribution is 5.93. The summed E-state index contributed by atoms with van der Waals surface area (Å²) in [6, 6.07) is 11.3. The molecule has 4 nitrogen and oxygen atoms in total. The van der Waals surface area contributed by atoms with E-state index in [1.807, 2.05) is 62.6 Å². The fourth-order valence-corrected chi connectivity index (χ4v) is 3.18. The number of nitrogens with zero attached hydrogens (tertiary/aromatic N) is 1. The van der Waals surface area contributed by atoms with Crippen LogP contribution in [0.3, 0.4) is 0 Å². The van der Waals surface area contributed by atoms with Gasteiger partial charge in [-0.05, 0) is 62.1 Å². The molecule has 0 radical (unpaired) electrons. The second-order valence-electron chi connectivity index (χ2n) is 6.58. The molecular formula is C21H22N2O2. The predicted molar refractivity (Wildman–Crippen MR) is 102 cm³/mol. The maximum absolute atomic E-state index is 12.5. The van der Waals surface area contributed by atoms with Gasteiger partial charge in [0.25, 0.3) is 0 Å². The summed E-state index contributed by atoms with van der Waals surface area (Å²) in [4.78, 5) is 24.7. The van der Waals surface area contributed by atoms with Crippen molar-refractivity contribution in [2.24, 2.45) is 0 Å². The average molecular weight is 334 g/mol. The van der Waals surface area contributed by atoms with Crippen molar-refractivity contribution >= 4 is 22.5 Å². The summed E-state index contributed by atoms with van der Waals surface area (Å²) in [6.07, 6.45) is 1.69. The molecule has 0 spiro atoms. The zero-order chi connectivity index (χ0) is 18.1. The molecule has 0 saturated heterocycles. The molecule has 1 N–H and O–H groups in total. The summed E-state index contributed by atoms with van der Waals surface area (Å²) < 4.78 is 1.83. The number of rotatable bonds is 3. The number of benzene rings is 2. The molecule has 0 aliphatic rings. The summed E-state index contributed by atoms with van der Waals surface area (Å²) in [6.45, 7) is 8.09. The fraction of sp³-hybridized carbons (Fsp3) is 0.238. The van der Waals surface area contributed by atoms with Gasteiger partial charge in [0.15, 0.2) is 5.43 Å². The Hall–Kier alpha value is -2.88. The van der Waals surface area contributed by atoms with Crippen LogP contribution < -0.4 is 10.7 Å². The monoisotopic (exact) mass is 334 g/mol. The van der Waals surface area contributed by atoms with Crippen LogP contribution in [0, 0.1) is 27.7 Å². The molecule has 3 rings (SSSR count). The van der Waals surface area contributed by atoms with Crippen molar-refractivity contribution in [1.29, 1.82) is 0 Å². The minimum Gasteiger partial charge on any atom is -0.338 e. The van der Waals surface area contributed by atoms with Gasteiger partial charge < -0.3 is 9.88 Å². The van der Waals surface area contributed by atoms with Gasteiger partial charge in [0.05, 0.1) is 5.52 Å². The van der Waals surface area contributed by atoms with Gasteiger partial charge >= 0.3 is 0 Å². The third-order valence-electron chi connectivity index (χ3n) is 4.61. The van der Waals surface area contributed by atoms with E-state index < -0.39 is 0 Å². The number of aromatic nitrogens is 1. The molecule has 1 amide bonds. The summed E-state index contributed by atoms with van der Waals surface area (Å²) in [5.74, 6) is -0.113. The van der Waals surface area contributed by atoms with Crippen molar-refractivity contribution in [3.8, 4) is 0 Å². The van der Waals surface area contributed by atoms with Crippen molar-refractivity contribution in [2.45, 2.75) is 34.2 Å². The first-order valence-electron chi connectivity index (χ1n) is 8.33. The summed E-state index contributed by atoms with van der Waals surface area (Å²) in [5, 5.41) is 3.64. The number of carbonyl (C=O) groups is 1. The number of carbonyl (C=O) groups excluding carboxylic acids is 1. The zero-order valence-corrected chi connectivity index (χ0v) is 15.0. The van der Waals surface area contributed by atoms with Gasteiger partial charge in [-0.3, -0.25) is 9.59 Å². The van der Waals surface area contributed by atoms with Crippen LogP contribution in [0.2, 0.25) is 0 Å². The smallest absolute Gasteiger partial charge is 0.244 e. The maximum Gasteiger partial charge on any atom is 0.244 e. The van der Waals surface area contributed by atoms with Crippen LogP contribution in [0.25, 0.3) is 10.9 Å². The normalized spacial score (nSPS) is 10.9. The van der Waals surface area contributed by atoms with E-state index >= 15 is 0 Å². The second-order valence-corrected chi connectivity index (χ2v) is 6.58. The topological polar surface area (TPSA) is 51.1 Å². The number of aryl methyl sites for hydroxylation is 3. The molecule has 0 aliphatic heterocycles. The number of hydrogen-bond donors (Lipinski definition) is 1. The summed E-state index contributed by atoms with van der Waals surface area (Å²) >= 11 is 0. The van der Waals surface area contributed by atoms with E-state index in [2.05, 4.69) is 5.32 Å². The second kappa shape index (κ2) is 6.55. The molecule has 128 valence electrons. The van der Waals surface area contributed by atoms with E-state index in [1.165, 1.54) is 6.07 Å². The first kappa shape index (κ1) is 17.0. The van der Waals surface area contributed by atoms with Crippen molar-refractivity contribution < 1.29 is 4.79 Å². The zero-order valence-electron chi connectivity index (χ0n) is 15.0. The Morgan fingerprint density at radius 2 is 1.80 bits per heavy atom. The van der Waals surface area contributed by atoms with Crippen LogP contribution in [0.1, 0.15) is 22.3 Å². The quantitative estimate of drug-likeness (QED) is 0.790. The predicted octanol–water partition coefficient (Wildman–Crippen LogP) is 3.87. The molecule has 0 fully saturated rings. The SMILES string of the molecule is Cc1cc(C)c2c(=O)ccn(CC(=O)Nc3cccc(C)c3C)c2c1. The molecule has 0 atom stereocenters. The van der Waals surface area contributed by atoms with Crippen molar-refractivity contribution in [3.63, 3.8) is 0 Å². The Morgan fingerprint density at radius 3 is 2.56 bits per heavy atom. The first-order valence-corrected chi connectivity index (χ1v) is 8.33. The van der Waals surface area contributed by atoms with E-state index in [1.54, 1.807) is 6.20 Å². The van der Waals surface area contributed by atoms with E-state index in [0.717, 1.165) is 33.5 Å². The first-order chi connectivity index (χ1) is 11.9. The third kappa shape index (κ3) is 3.33. The van der Waals surface area contributed by atoms with Crippen LogP contribution in [0.5, 0.6) is 0 Å². The van der Waals surface area contributed by atoms with Gasteiger partial charge in [0, 0.05) is 23.3 Å². The number of amides is 1. The van der Waals surface area contributed by atoms with Crippen molar-refractivity contribution in [3.05, 3.63) is 75.1 Å². The molecule has 0 saturated carbocycles. The number of fused-ring (bicyclic) bond motifs is 1. The minimum absolute atomic E-state index is 0.0151. The molecule has 0 unspecified atom stereocenters. The molecule has 1 aromatic heterocycles. The van der Waals surface area contributed by atoms with Crippen LogP contribution in [-0.4, -0.2) is 10.5 Å². The number of nitrogens with one attached hydrogen (secondary N) is 1. The van der Waals surface area contributed by atoms with Gasteiger partial charge in [0.2, 0.25) is 5.91 Å². The van der Waals surface area contributed by atoms with Crippen LogP contribution in [0.4, 0.5) is 5.69 Å². The lowest BCUT2D eigenvalue weighted by molar-refractivity contribution is -0.116. The van der Waals surface area contributed by atoms with Crippen LogP contribution in [-0.2, 0) is 11.3 Å². The largest absolute Gasteiger partial charge is 0.338 e. The Kier molecular flexibility index (Phi) is 4.45. The highest BCUT2D eigenvalue weighted by atomic mass is 16.2. The Morgan fingerprint density at radius 1 is 1.04 bits per heavy atom. The highest BCUT2D eigenvalue weighted by Gasteiger charge is 2.11. The highest BCUT2D eigenvalue weighted by Crippen LogP contribution is 2.19. The number of anilines is 1. The van der Waals surface area contributed by atoms with Crippen LogP contribution >= 0.6 is 0 Å². The molecule has 3 aromatic rings. The maximum atomic E-state index is 12.5.